The van der Waals surface area contributed by atoms with E-state index in [0.29, 0.717) is 0 Å². The number of aromatic nitrogens is 4. The fraction of sp³-hybridized carbons (Fsp3) is 0.500. The number of aromatic amines is 1. The molecule has 1 radical (unpaired) electrons. The van der Waals surface area contributed by atoms with Crippen molar-refractivity contribution in [2.24, 2.45) is 0 Å². The van der Waals surface area contributed by atoms with Crippen LogP contribution < -0.4 is 16.2 Å². The summed E-state index contributed by atoms with van der Waals surface area (Å²) in [6.07, 6.45) is -5.26. The van der Waals surface area contributed by atoms with Crippen LogP contribution in [0.15, 0.2) is 11.1 Å². The van der Waals surface area contributed by atoms with E-state index in [4.69, 9.17) is 20.3 Å². The summed E-state index contributed by atoms with van der Waals surface area (Å²) in [6.45, 7) is -0.985. The Balaban J connectivity index is 0.00000385. The first kappa shape index (κ1) is 28.3. The van der Waals surface area contributed by atoms with Crippen LogP contribution in [0.3, 0.4) is 0 Å². The molecule has 0 aromatic carbocycles. The van der Waals surface area contributed by atoms with E-state index >= 15 is 0 Å². The van der Waals surface area contributed by atoms with Gasteiger partial charge in [-0.15, -0.1) is 4.86 Å². The Labute approximate surface area is 194 Å². The summed E-state index contributed by atoms with van der Waals surface area (Å²) in [6, 6.07) is 0. The third-order valence-corrected chi connectivity index (χ3v) is 8.17. The zero-order valence-corrected chi connectivity index (χ0v) is 19.1. The molecule has 3 rings (SSSR count). The number of fused-ring (bicyclic) bond motifs is 1. The van der Waals surface area contributed by atoms with Crippen LogP contribution in [0, 0.1) is 0 Å². The fourth-order valence-electron chi connectivity index (χ4n) is 2.74. The zero-order chi connectivity index (χ0) is 24.1. The van der Waals surface area contributed by atoms with E-state index in [2.05, 4.69) is 23.8 Å². The summed E-state index contributed by atoms with van der Waals surface area (Å²) < 4.78 is 48.7. The Morgan fingerprint density at radius 1 is 1.21 bits per heavy atom. The van der Waals surface area contributed by atoms with E-state index in [1.807, 2.05) is 0 Å². The molecule has 33 heavy (non-hydrogen) atoms. The monoisotopic (exact) mass is 529 g/mol. The van der Waals surface area contributed by atoms with Gasteiger partial charge in [0.2, 0.25) is 5.95 Å². The van der Waals surface area contributed by atoms with Crippen molar-refractivity contribution in [3.8, 4) is 0 Å². The van der Waals surface area contributed by atoms with Gasteiger partial charge in [-0.25, -0.2) is 18.7 Å². The number of aliphatic hydroxyl groups is 2. The first-order valence-electron chi connectivity index (χ1n) is 8.19. The SMILES string of the molecule is Nc1nc2c(ncn2[C@@H]2O[C@H](COP(=O)(O)OP(=O)(O)NP(=O)(O)O)[C@@H](O)[C@H]2O)c(=O)[nH]1.[Li]. The molecule has 10 N–H and O–H groups in total. The van der Waals surface area contributed by atoms with E-state index in [0.717, 1.165) is 15.8 Å². The van der Waals surface area contributed by atoms with Gasteiger partial charge in [-0.2, -0.15) is 9.29 Å². The van der Waals surface area contributed by atoms with Gasteiger partial charge >= 0.3 is 23.3 Å². The van der Waals surface area contributed by atoms with Crippen molar-refractivity contribution in [3.63, 3.8) is 0 Å². The minimum atomic E-state index is -5.48. The van der Waals surface area contributed by atoms with Crippen molar-refractivity contribution in [3.05, 3.63) is 16.7 Å². The molecule has 1 aliphatic heterocycles. The molecule has 6 atom stereocenters. The Morgan fingerprint density at radius 2 is 1.85 bits per heavy atom. The molecule has 0 saturated carbocycles. The second-order valence-corrected chi connectivity index (χ2v) is 11.1. The van der Waals surface area contributed by atoms with E-state index in [9.17, 15) is 38.5 Å². The van der Waals surface area contributed by atoms with Gasteiger partial charge in [0.25, 0.3) is 5.56 Å². The molecule has 181 valence electrons. The summed E-state index contributed by atoms with van der Waals surface area (Å²) in [7, 11) is -16.2. The third-order valence-electron chi connectivity index (χ3n) is 3.93. The summed E-state index contributed by atoms with van der Waals surface area (Å²) >= 11 is 0. The van der Waals surface area contributed by atoms with Crippen LogP contribution >= 0.6 is 23.3 Å². The molecule has 23 heteroatoms. The molecule has 3 heterocycles. The van der Waals surface area contributed by atoms with Crippen LogP contribution in [-0.4, -0.2) is 93.1 Å². The van der Waals surface area contributed by atoms with Crippen LogP contribution in [0.5, 0.6) is 0 Å². The number of hydrogen-bond acceptors (Lipinski definition) is 12. The second kappa shape index (κ2) is 9.96. The number of nitrogen functional groups attached to an aromatic ring is 1. The number of anilines is 1. The van der Waals surface area contributed by atoms with Gasteiger partial charge in [0.05, 0.1) is 12.9 Å². The van der Waals surface area contributed by atoms with Crippen molar-refractivity contribution in [2.75, 3.05) is 12.3 Å². The molecule has 2 aromatic heterocycles. The molecule has 1 saturated heterocycles. The minimum absolute atomic E-state index is 0. The fourth-order valence-corrected chi connectivity index (χ4v) is 6.17. The van der Waals surface area contributed by atoms with E-state index in [-0.39, 0.29) is 36.0 Å². The van der Waals surface area contributed by atoms with Crippen LogP contribution in [-0.2, 0) is 27.3 Å². The molecule has 1 aliphatic rings. The maximum absolute atomic E-state index is 11.9. The average molecular weight is 529 g/mol. The molecule has 0 spiro atoms. The second-order valence-electron chi connectivity index (χ2n) is 6.33. The maximum atomic E-state index is 11.9. The Kier molecular flexibility index (Phi) is 8.53. The third kappa shape index (κ3) is 6.80. The Bertz CT molecular complexity index is 1220. The van der Waals surface area contributed by atoms with Crippen LogP contribution in [0.25, 0.3) is 11.2 Å². The number of nitrogens with two attached hydrogens (primary N) is 1. The number of imidazole rings is 1. The molecule has 0 aliphatic carbocycles. The van der Waals surface area contributed by atoms with Crippen molar-refractivity contribution in [2.45, 2.75) is 24.5 Å². The number of H-pyrrole nitrogens is 1. The predicted molar refractivity (Wildman–Crippen MR) is 106 cm³/mol. The molecule has 0 amide bonds. The normalized spacial score (nSPS) is 27.1. The van der Waals surface area contributed by atoms with Crippen molar-refractivity contribution in [1.29, 1.82) is 0 Å². The molecule has 2 unspecified atom stereocenters. The predicted octanol–water partition coefficient (Wildman–Crippen LogP) is -3.14. The molecule has 1 fully saturated rings. The van der Waals surface area contributed by atoms with E-state index < -0.39 is 60.0 Å². The zero-order valence-electron chi connectivity index (χ0n) is 16.4. The van der Waals surface area contributed by atoms with Gasteiger partial charge in [-0.1, -0.05) is 0 Å². The Morgan fingerprint density at radius 3 is 2.45 bits per heavy atom. The molecule has 2 aromatic rings. The van der Waals surface area contributed by atoms with Gasteiger partial charge in [-0.05, 0) is 0 Å². The number of rotatable bonds is 8. The summed E-state index contributed by atoms with van der Waals surface area (Å²) in [4.78, 5) is 58.5. The number of nitrogens with one attached hydrogen (secondary N) is 2. The van der Waals surface area contributed by atoms with Gasteiger partial charge < -0.3 is 40.3 Å². The molecule has 0 bridgehead atoms. The Hall–Kier alpha value is -0.963. The standard InChI is InChI=1S/C10H17N6O13P3.Li/c11-10-13-7-4(8(19)14-10)12-2-16(7)9-6(18)5(17)3(28-9)1-27-32(25,26)29-31(23,24)15-30(20,21)22;/h2-3,5-6,9,17-18H,1H2,(H,25,26)(H3,11,13,14,19)(H4,15,20,21,22,23,24);/t3-,5-,6-,9-;/m1./s1. The van der Waals surface area contributed by atoms with Crippen molar-refractivity contribution >= 4 is 59.3 Å². The quantitative estimate of drug-likeness (QED) is 0.120. The van der Waals surface area contributed by atoms with Crippen LogP contribution in [0.4, 0.5) is 5.95 Å². The van der Waals surface area contributed by atoms with Crippen molar-refractivity contribution in [1.82, 2.24) is 24.4 Å². The number of hydrogen-bond donors (Lipinski definition) is 9. The number of phosphoric acid groups is 1. The number of ether oxygens (including phenoxy) is 1. The summed E-state index contributed by atoms with van der Waals surface area (Å²) in [5.41, 5.74) is 4.52. The topological polar surface area (TPSA) is 302 Å². The maximum Gasteiger partial charge on any atom is 0.480 e. The van der Waals surface area contributed by atoms with Crippen LogP contribution in [0.1, 0.15) is 6.23 Å². The molecular weight excluding hydrogens is 512 g/mol. The van der Waals surface area contributed by atoms with Gasteiger partial charge in [-0.3, -0.25) is 18.9 Å². The van der Waals surface area contributed by atoms with Crippen molar-refractivity contribution < 1.29 is 57.1 Å². The molecule has 19 nitrogen and oxygen atoms in total. The summed E-state index contributed by atoms with van der Waals surface area (Å²) in [5.74, 6) is -0.270. The van der Waals surface area contributed by atoms with Gasteiger partial charge in [0.15, 0.2) is 17.4 Å². The average Bonchev–Trinajstić information content (AvgIpc) is 3.12. The number of aliphatic hydroxyl groups excluding tert-OH is 2. The minimum Gasteiger partial charge on any atom is -0.387 e. The molecular formula is C10H17LiN6O13P3. The van der Waals surface area contributed by atoms with Gasteiger partial charge in [0, 0.05) is 18.9 Å². The summed E-state index contributed by atoms with van der Waals surface area (Å²) in [5, 5.41) is 20.4. The number of phosphoric ester groups is 1. The first-order valence-corrected chi connectivity index (χ1v) is 12.9. The van der Waals surface area contributed by atoms with Crippen LogP contribution in [0.2, 0.25) is 0 Å². The van der Waals surface area contributed by atoms with Gasteiger partial charge in [0.1, 0.15) is 18.3 Å². The number of nitrogens with zero attached hydrogens (tertiary/aromatic N) is 3. The first-order chi connectivity index (χ1) is 14.6. The van der Waals surface area contributed by atoms with E-state index in [1.54, 1.807) is 0 Å². The largest absolute Gasteiger partial charge is 0.480 e. The smallest absolute Gasteiger partial charge is 0.387 e. The van der Waals surface area contributed by atoms with E-state index in [1.165, 1.54) is 0 Å².